The minimum absolute atomic E-state index is 0.0522. The Morgan fingerprint density at radius 1 is 1.26 bits per heavy atom. The normalized spacial score (nSPS) is 22.8. The van der Waals surface area contributed by atoms with E-state index in [2.05, 4.69) is 33.5 Å². The molecular weight excluding hydrogens is 312 g/mol. The number of hydrogen-bond acceptors (Lipinski definition) is 6. The summed E-state index contributed by atoms with van der Waals surface area (Å²) in [7, 11) is 0. The van der Waals surface area contributed by atoms with E-state index in [4.69, 9.17) is 4.74 Å². The molecule has 2 heterocycles. The van der Waals surface area contributed by atoms with Gasteiger partial charge in [-0.1, -0.05) is 32.0 Å². The Hall–Kier alpha value is -1.08. The summed E-state index contributed by atoms with van der Waals surface area (Å²) >= 11 is 1.61. The molecule has 1 unspecified atom stereocenters. The first kappa shape index (κ1) is 16.8. The van der Waals surface area contributed by atoms with Crippen LogP contribution in [0.15, 0.2) is 5.16 Å². The zero-order valence-corrected chi connectivity index (χ0v) is 14.8. The summed E-state index contributed by atoms with van der Waals surface area (Å²) in [6.07, 6.45) is 3.85. The molecule has 0 spiro atoms. The highest BCUT2D eigenvalue weighted by Gasteiger charge is 2.27. The van der Waals surface area contributed by atoms with Crippen LogP contribution in [0.3, 0.4) is 0 Å². The van der Waals surface area contributed by atoms with E-state index in [0.29, 0.717) is 18.1 Å². The van der Waals surface area contributed by atoms with Crippen LogP contribution in [0.2, 0.25) is 0 Å². The van der Waals surface area contributed by atoms with Crippen molar-refractivity contribution in [2.45, 2.75) is 56.5 Å². The summed E-state index contributed by atoms with van der Waals surface area (Å²) in [5, 5.41) is 9.79. The molecular formula is C16H26N4O2S. The highest BCUT2D eigenvalue weighted by molar-refractivity contribution is 8.00. The third-order valence-electron chi connectivity index (χ3n) is 4.29. The van der Waals surface area contributed by atoms with Crippen LogP contribution in [0, 0.1) is 5.92 Å². The molecule has 0 N–H and O–H groups in total. The van der Waals surface area contributed by atoms with Gasteiger partial charge < -0.3 is 9.64 Å². The summed E-state index contributed by atoms with van der Waals surface area (Å²) in [6.45, 7) is 8.44. The summed E-state index contributed by atoms with van der Waals surface area (Å²) < 4.78 is 7.63. The number of rotatable bonds is 5. The fraction of sp³-hybridized carbons (Fsp3) is 0.812. The lowest BCUT2D eigenvalue weighted by atomic mass is 9.99. The predicted molar refractivity (Wildman–Crippen MR) is 91.0 cm³/mol. The molecule has 0 aromatic carbocycles. The second kappa shape index (κ2) is 7.66. The first-order valence-electron chi connectivity index (χ1n) is 8.60. The second-order valence-electron chi connectivity index (χ2n) is 6.71. The molecule has 0 bridgehead atoms. The third kappa shape index (κ3) is 4.07. The number of hydrogen-bond donors (Lipinski definition) is 0. The third-order valence-corrected chi connectivity index (χ3v) is 5.58. The van der Waals surface area contributed by atoms with E-state index in [1.165, 1.54) is 0 Å². The number of morpholine rings is 1. The topological polar surface area (TPSA) is 60.2 Å². The molecule has 1 aliphatic carbocycles. The molecule has 2 fully saturated rings. The van der Waals surface area contributed by atoms with Crippen LogP contribution in [-0.2, 0) is 16.1 Å². The van der Waals surface area contributed by atoms with Crippen molar-refractivity contribution >= 4 is 23.5 Å². The average molecular weight is 338 g/mol. The van der Waals surface area contributed by atoms with E-state index in [9.17, 15) is 4.79 Å². The van der Waals surface area contributed by atoms with Crippen molar-refractivity contribution in [2.24, 2.45) is 5.92 Å². The van der Waals surface area contributed by atoms with Crippen molar-refractivity contribution in [3.63, 3.8) is 0 Å². The monoisotopic (exact) mass is 338 g/mol. The van der Waals surface area contributed by atoms with Crippen LogP contribution in [0.5, 0.6) is 0 Å². The molecule has 2 aliphatic rings. The fourth-order valence-electron chi connectivity index (χ4n) is 3.09. The molecule has 128 valence electrons. The van der Waals surface area contributed by atoms with Crippen LogP contribution in [0.4, 0.5) is 5.95 Å². The van der Waals surface area contributed by atoms with Crippen LogP contribution >= 0.6 is 11.8 Å². The molecule has 1 saturated carbocycles. The molecule has 1 aliphatic heterocycles. The van der Waals surface area contributed by atoms with E-state index in [0.717, 1.165) is 63.2 Å². The van der Waals surface area contributed by atoms with E-state index in [1.807, 2.05) is 0 Å². The predicted octanol–water partition coefficient (Wildman–Crippen LogP) is 2.37. The Balaban J connectivity index is 1.80. The minimum Gasteiger partial charge on any atom is -0.378 e. The maximum absolute atomic E-state index is 12.1. The van der Waals surface area contributed by atoms with Crippen molar-refractivity contribution in [3.8, 4) is 0 Å². The van der Waals surface area contributed by atoms with Crippen molar-refractivity contribution < 1.29 is 9.53 Å². The molecule has 0 radical (unpaired) electrons. The second-order valence-corrected chi connectivity index (χ2v) is 7.87. The van der Waals surface area contributed by atoms with E-state index < -0.39 is 0 Å². The molecule has 1 saturated heterocycles. The number of ether oxygens (including phenoxy) is 1. The zero-order chi connectivity index (χ0) is 16.2. The number of aromatic nitrogens is 3. The molecule has 1 aromatic rings. The van der Waals surface area contributed by atoms with Gasteiger partial charge in [-0.05, 0) is 18.8 Å². The lowest BCUT2D eigenvalue weighted by Gasteiger charge is -2.28. The molecule has 1 aromatic heterocycles. The van der Waals surface area contributed by atoms with Gasteiger partial charge >= 0.3 is 0 Å². The average Bonchev–Trinajstić information content (AvgIpc) is 2.92. The molecule has 3 rings (SSSR count). The van der Waals surface area contributed by atoms with Crippen LogP contribution in [0.1, 0.15) is 39.5 Å². The molecule has 23 heavy (non-hydrogen) atoms. The van der Waals surface area contributed by atoms with Crippen molar-refractivity contribution in [2.75, 3.05) is 31.2 Å². The highest BCUT2D eigenvalue weighted by Crippen LogP contribution is 2.32. The molecule has 7 heteroatoms. The lowest BCUT2D eigenvalue weighted by Crippen LogP contribution is -2.38. The SMILES string of the molecule is CC(C)Cn1c(SC2CCCCC2=O)nnc1N1CCOCC1. The van der Waals surface area contributed by atoms with Gasteiger partial charge in [0.2, 0.25) is 5.95 Å². The van der Waals surface area contributed by atoms with E-state index in [1.54, 1.807) is 11.8 Å². The van der Waals surface area contributed by atoms with Crippen molar-refractivity contribution in [1.82, 2.24) is 14.8 Å². The standard InChI is InChI=1S/C16H26N4O2S/c1-12(2)11-20-15(19-7-9-22-10-8-19)17-18-16(20)23-14-6-4-3-5-13(14)21/h12,14H,3-11H2,1-2H3. The Morgan fingerprint density at radius 3 is 2.74 bits per heavy atom. The summed E-state index contributed by atoms with van der Waals surface area (Å²) in [5.41, 5.74) is 0. The van der Waals surface area contributed by atoms with Gasteiger partial charge in [0, 0.05) is 26.1 Å². The van der Waals surface area contributed by atoms with Crippen LogP contribution in [0.25, 0.3) is 0 Å². The van der Waals surface area contributed by atoms with Gasteiger partial charge in [0.25, 0.3) is 0 Å². The maximum atomic E-state index is 12.1. The number of carbonyl (C=O) groups is 1. The number of thioether (sulfide) groups is 1. The lowest BCUT2D eigenvalue weighted by molar-refractivity contribution is -0.119. The Labute approximate surface area is 142 Å². The number of nitrogens with zero attached hydrogens (tertiary/aromatic N) is 4. The van der Waals surface area contributed by atoms with Crippen molar-refractivity contribution in [1.29, 1.82) is 0 Å². The smallest absolute Gasteiger partial charge is 0.228 e. The summed E-state index contributed by atoms with van der Waals surface area (Å²) in [5.74, 6) is 1.80. The number of Topliss-reactive ketones (excluding diaryl/α,β-unsaturated/α-hetero) is 1. The van der Waals surface area contributed by atoms with Crippen LogP contribution in [-0.4, -0.2) is 52.1 Å². The van der Waals surface area contributed by atoms with E-state index >= 15 is 0 Å². The number of ketones is 1. The minimum atomic E-state index is 0.0522. The number of anilines is 1. The highest BCUT2D eigenvalue weighted by atomic mass is 32.2. The summed E-state index contributed by atoms with van der Waals surface area (Å²) in [6, 6.07) is 0. The maximum Gasteiger partial charge on any atom is 0.228 e. The van der Waals surface area contributed by atoms with Gasteiger partial charge in [-0.25, -0.2) is 0 Å². The van der Waals surface area contributed by atoms with Gasteiger partial charge in [0.15, 0.2) is 5.16 Å². The molecule has 1 atom stereocenters. The van der Waals surface area contributed by atoms with Gasteiger partial charge in [-0.3, -0.25) is 9.36 Å². The molecule has 0 amide bonds. The van der Waals surface area contributed by atoms with Gasteiger partial charge in [-0.15, -0.1) is 10.2 Å². The Bertz CT molecular complexity index is 540. The van der Waals surface area contributed by atoms with E-state index in [-0.39, 0.29) is 5.25 Å². The van der Waals surface area contributed by atoms with Gasteiger partial charge in [0.1, 0.15) is 5.78 Å². The van der Waals surface area contributed by atoms with Crippen molar-refractivity contribution in [3.05, 3.63) is 0 Å². The zero-order valence-electron chi connectivity index (χ0n) is 14.0. The fourth-order valence-corrected chi connectivity index (χ4v) is 4.25. The summed E-state index contributed by atoms with van der Waals surface area (Å²) in [4.78, 5) is 14.4. The quantitative estimate of drug-likeness (QED) is 0.821. The van der Waals surface area contributed by atoms with Gasteiger partial charge in [-0.2, -0.15) is 0 Å². The first-order valence-corrected chi connectivity index (χ1v) is 9.48. The Kier molecular flexibility index (Phi) is 5.58. The molecule has 6 nitrogen and oxygen atoms in total. The number of carbonyl (C=O) groups excluding carboxylic acids is 1. The first-order chi connectivity index (χ1) is 11.1. The van der Waals surface area contributed by atoms with Gasteiger partial charge in [0.05, 0.1) is 18.5 Å². The Morgan fingerprint density at radius 2 is 2.04 bits per heavy atom. The largest absolute Gasteiger partial charge is 0.378 e. The van der Waals surface area contributed by atoms with Crippen LogP contribution < -0.4 is 4.90 Å².